The molecular formula is C20H27N4O4+. The highest BCUT2D eigenvalue weighted by Crippen LogP contribution is 2.13. The Balaban J connectivity index is 1.84. The van der Waals surface area contributed by atoms with Gasteiger partial charge >= 0.3 is 0 Å². The second-order valence-corrected chi connectivity index (χ2v) is 6.60. The fourth-order valence-corrected chi connectivity index (χ4v) is 2.73. The van der Waals surface area contributed by atoms with Crippen LogP contribution in [0.3, 0.4) is 0 Å². The first kappa shape index (κ1) is 21.2. The smallest absolute Gasteiger partial charge is 0.278 e. The molecule has 2 aromatic rings. The van der Waals surface area contributed by atoms with Gasteiger partial charge in [-0.1, -0.05) is 0 Å². The molecule has 1 atom stereocenters. The number of nitrogens with one attached hydrogen (secondary N) is 3. The summed E-state index contributed by atoms with van der Waals surface area (Å²) in [7, 11) is 1.91. The Hall–Kier alpha value is -3.13. The minimum atomic E-state index is -0.272. The summed E-state index contributed by atoms with van der Waals surface area (Å²) in [6, 6.07) is 10.5. The van der Waals surface area contributed by atoms with Crippen molar-refractivity contribution < 1.29 is 23.7 Å². The van der Waals surface area contributed by atoms with Crippen molar-refractivity contribution in [3.63, 3.8) is 0 Å². The van der Waals surface area contributed by atoms with E-state index < -0.39 is 0 Å². The number of rotatable bonds is 9. The van der Waals surface area contributed by atoms with Crippen LogP contribution in [0.1, 0.15) is 19.6 Å². The average Bonchev–Trinajstić information content (AvgIpc) is 3.13. The molecule has 2 rings (SSSR count). The third-order valence-electron chi connectivity index (χ3n) is 4.07. The zero-order valence-electron chi connectivity index (χ0n) is 16.5. The van der Waals surface area contributed by atoms with Crippen LogP contribution < -0.4 is 15.5 Å². The van der Waals surface area contributed by atoms with E-state index in [1.54, 1.807) is 30.5 Å². The fourth-order valence-electron chi connectivity index (χ4n) is 2.73. The maximum Gasteiger partial charge on any atom is 0.278 e. The molecular weight excluding hydrogens is 360 g/mol. The Morgan fingerprint density at radius 1 is 1.07 bits per heavy atom. The van der Waals surface area contributed by atoms with Gasteiger partial charge in [-0.2, -0.15) is 0 Å². The third-order valence-corrected chi connectivity index (χ3v) is 4.07. The van der Waals surface area contributed by atoms with Crippen molar-refractivity contribution in [2.75, 3.05) is 37.3 Å². The molecule has 8 heteroatoms. The number of quaternary nitrogens is 1. The van der Waals surface area contributed by atoms with E-state index in [2.05, 4.69) is 10.6 Å². The van der Waals surface area contributed by atoms with Gasteiger partial charge in [0.15, 0.2) is 12.3 Å². The van der Waals surface area contributed by atoms with Crippen molar-refractivity contribution in [3.8, 4) is 0 Å². The quantitative estimate of drug-likeness (QED) is 0.591. The molecule has 0 saturated carbocycles. The molecule has 0 fully saturated rings. The normalized spacial score (nSPS) is 11.5. The highest BCUT2D eigenvalue weighted by atomic mass is 16.3. The number of amides is 3. The van der Waals surface area contributed by atoms with E-state index in [9.17, 15) is 14.4 Å². The van der Waals surface area contributed by atoms with Gasteiger partial charge in [0.2, 0.25) is 11.8 Å². The molecule has 3 amide bonds. The van der Waals surface area contributed by atoms with Crippen LogP contribution in [-0.2, 0) is 20.9 Å². The van der Waals surface area contributed by atoms with Crippen LogP contribution in [-0.4, -0.2) is 49.3 Å². The molecule has 0 bridgehead atoms. The van der Waals surface area contributed by atoms with Crippen molar-refractivity contribution in [1.82, 2.24) is 4.90 Å². The van der Waals surface area contributed by atoms with Gasteiger partial charge in [0.1, 0.15) is 13.1 Å². The SMILES string of the molecule is CCN(CC(=O)Nc1ccc(NC(C)=O)cc1)C(=O)C[NH+](C)Cc1ccco1. The van der Waals surface area contributed by atoms with Crippen molar-refractivity contribution in [2.24, 2.45) is 0 Å². The van der Waals surface area contributed by atoms with Gasteiger partial charge in [0.05, 0.1) is 13.3 Å². The zero-order valence-corrected chi connectivity index (χ0v) is 16.5. The van der Waals surface area contributed by atoms with Gasteiger partial charge in [0, 0.05) is 24.8 Å². The first-order chi connectivity index (χ1) is 13.4. The number of carbonyl (C=O) groups is 3. The number of benzene rings is 1. The van der Waals surface area contributed by atoms with E-state index >= 15 is 0 Å². The lowest BCUT2D eigenvalue weighted by molar-refractivity contribution is -0.886. The van der Waals surface area contributed by atoms with Gasteiger partial charge in [-0.25, -0.2) is 0 Å². The lowest BCUT2D eigenvalue weighted by Crippen LogP contribution is -3.08. The van der Waals surface area contributed by atoms with Gasteiger partial charge in [0.25, 0.3) is 5.91 Å². The molecule has 3 N–H and O–H groups in total. The van der Waals surface area contributed by atoms with Crippen LogP contribution in [0.15, 0.2) is 47.1 Å². The summed E-state index contributed by atoms with van der Waals surface area (Å²) in [4.78, 5) is 38.3. The zero-order chi connectivity index (χ0) is 20.5. The highest BCUT2D eigenvalue weighted by molar-refractivity contribution is 5.95. The second kappa shape index (κ2) is 10.3. The molecule has 1 aromatic heterocycles. The maximum absolute atomic E-state index is 12.5. The van der Waals surface area contributed by atoms with E-state index in [0.29, 0.717) is 24.5 Å². The van der Waals surface area contributed by atoms with Crippen LogP contribution in [0.2, 0.25) is 0 Å². The molecule has 1 heterocycles. The van der Waals surface area contributed by atoms with Crippen LogP contribution in [0.25, 0.3) is 0 Å². The van der Waals surface area contributed by atoms with Crippen LogP contribution >= 0.6 is 0 Å². The van der Waals surface area contributed by atoms with E-state index in [-0.39, 0.29) is 30.8 Å². The van der Waals surface area contributed by atoms with Crippen molar-refractivity contribution in [1.29, 1.82) is 0 Å². The number of likely N-dealkylation sites (N-methyl/N-ethyl adjacent to an activating group) is 2. The Bertz CT molecular complexity index is 787. The number of nitrogens with zero attached hydrogens (tertiary/aromatic N) is 1. The summed E-state index contributed by atoms with van der Waals surface area (Å²) < 4.78 is 5.30. The molecule has 0 spiro atoms. The number of carbonyl (C=O) groups excluding carboxylic acids is 3. The summed E-state index contributed by atoms with van der Waals surface area (Å²) >= 11 is 0. The second-order valence-electron chi connectivity index (χ2n) is 6.60. The number of anilines is 2. The Morgan fingerprint density at radius 2 is 1.71 bits per heavy atom. The van der Waals surface area contributed by atoms with Gasteiger partial charge in [-0.05, 0) is 43.3 Å². The Morgan fingerprint density at radius 3 is 2.25 bits per heavy atom. The highest BCUT2D eigenvalue weighted by Gasteiger charge is 2.20. The van der Waals surface area contributed by atoms with E-state index in [0.717, 1.165) is 10.7 Å². The standard InChI is InChI=1S/C20H26N4O4/c1-4-24(20(27)14-23(3)12-18-6-5-11-28-18)13-19(26)22-17-9-7-16(8-10-17)21-15(2)25/h5-11H,4,12-14H2,1-3H3,(H,21,25)(H,22,26)/p+1. The van der Waals surface area contributed by atoms with E-state index in [1.807, 2.05) is 26.1 Å². The number of hydrogen-bond acceptors (Lipinski definition) is 4. The Labute approximate surface area is 164 Å². The van der Waals surface area contributed by atoms with Gasteiger partial charge < -0.3 is 24.9 Å². The Kier molecular flexibility index (Phi) is 7.76. The number of hydrogen-bond donors (Lipinski definition) is 3. The molecule has 8 nitrogen and oxygen atoms in total. The van der Waals surface area contributed by atoms with Gasteiger partial charge in [-0.15, -0.1) is 0 Å². The molecule has 0 radical (unpaired) electrons. The van der Waals surface area contributed by atoms with Crippen LogP contribution in [0.5, 0.6) is 0 Å². The van der Waals surface area contributed by atoms with Crippen molar-refractivity contribution in [2.45, 2.75) is 20.4 Å². The average molecular weight is 387 g/mol. The summed E-state index contributed by atoms with van der Waals surface area (Å²) in [5, 5.41) is 5.43. The molecule has 0 saturated heterocycles. The molecule has 150 valence electrons. The van der Waals surface area contributed by atoms with E-state index in [1.165, 1.54) is 11.8 Å². The lowest BCUT2D eigenvalue weighted by atomic mass is 10.2. The summed E-state index contributed by atoms with van der Waals surface area (Å²) in [5.41, 5.74) is 1.25. The molecule has 1 unspecified atom stereocenters. The first-order valence-corrected chi connectivity index (χ1v) is 9.16. The monoisotopic (exact) mass is 387 g/mol. The molecule has 0 aliphatic rings. The third kappa shape index (κ3) is 6.88. The largest absolute Gasteiger partial charge is 0.463 e. The summed E-state index contributed by atoms with van der Waals surface area (Å²) in [6.07, 6.45) is 1.61. The lowest BCUT2D eigenvalue weighted by Gasteiger charge is -2.22. The predicted molar refractivity (Wildman–Crippen MR) is 106 cm³/mol. The topological polar surface area (TPSA) is 96.1 Å². The molecule has 0 aliphatic carbocycles. The number of furan rings is 1. The summed E-state index contributed by atoms with van der Waals surface area (Å²) in [5.74, 6) is 0.288. The van der Waals surface area contributed by atoms with E-state index in [4.69, 9.17) is 4.42 Å². The minimum absolute atomic E-state index is 0.0171. The first-order valence-electron chi connectivity index (χ1n) is 9.16. The molecule has 0 aliphatic heterocycles. The fraction of sp³-hybridized carbons (Fsp3) is 0.350. The minimum Gasteiger partial charge on any atom is -0.463 e. The van der Waals surface area contributed by atoms with Crippen LogP contribution in [0, 0.1) is 0 Å². The predicted octanol–water partition coefficient (Wildman–Crippen LogP) is 0.740. The van der Waals surface area contributed by atoms with Crippen molar-refractivity contribution in [3.05, 3.63) is 48.4 Å². The summed E-state index contributed by atoms with van der Waals surface area (Å²) in [6.45, 7) is 4.57. The van der Waals surface area contributed by atoms with Crippen LogP contribution in [0.4, 0.5) is 11.4 Å². The van der Waals surface area contributed by atoms with Gasteiger partial charge in [-0.3, -0.25) is 14.4 Å². The molecule has 1 aromatic carbocycles. The molecule has 28 heavy (non-hydrogen) atoms. The maximum atomic E-state index is 12.5. The van der Waals surface area contributed by atoms with Crippen molar-refractivity contribution >= 4 is 29.1 Å².